The van der Waals surface area contributed by atoms with Crippen molar-refractivity contribution in [2.24, 2.45) is 0 Å². The summed E-state index contributed by atoms with van der Waals surface area (Å²) in [5.74, 6) is 3.07. The molecule has 2 heterocycles. The molecule has 0 aliphatic carbocycles. The van der Waals surface area contributed by atoms with Crippen molar-refractivity contribution in [3.8, 4) is 0 Å². The zero-order valence-electron chi connectivity index (χ0n) is 14.1. The average molecular weight is 291 g/mol. The Morgan fingerprint density at radius 1 is 1.24 bits per heavy atom. The van der Waals surface area contributed by atoms with Crippen LogP contribution in [0.2, 0.25) is 0 Å². The van der Waals surface area contributed by atoms with Gasteiger partial charge in [0.2, 0.25) is 0 Å². The first-order valence-corrected chi connectivity index (χ1v) is 8.13. The summed E-state index contributed by atoms with van der Waals surface area (Å²) < 4.78 is 0. The number of hydrogen-bond acceptors (Lipinski definition) is 5. The Morgan fingerprint density at radius 3 is 2.62 bits per heavy atom. The van der Waals surface area contributed by atoms with Crippen LogP contribution in [0.1, 0.15) is 38.6 Å². The minimum absolute atomic E-state index is 0.487. The van der Waals surface area contributed by atoms with Crippen LogP contribution in [0.3, 0.4) is 0 Å². The van der Waals surface area contributed by atoms with Gasteiger partial charge >= 0.3 is 0 Å². The first kappa shape index (κ1) is 16.0. The van der Waals surface area contributed by atoms with Crippen LogP contribution in [-0.4, -0.2) is 54.1 Å². The van der Waals surface area contributed by atoms with Gasteiger partial charge in [0.15, 0.2) is 0 Å². The van der Waals surface area contributed by atoms with Crippen LogP contribution in [0.25, 0.3) is 0 Å². The van der Waals surface area contributed by atoms with E-state index in [2.05, 4.69) is 54.8 Å². The van der Waals surface area contributed by atoms with E-state index in [-0.39, 0.29) is 0 Å². The van der Waals surface area contributed by atoms with Crippen LogP contribution in [0.4, 0.5) is 11.6 Å². The van der Waals surface area contributed by atoms with Gasteiger partial charge < -0.3 is 15.1 Å². The van der Waals surface area contributed by atoms with Crippen molar-refractivity contribution in [1.29, 1.82) is 0 Å². The van der Waals surface area contributed by atoms with E-state index in [0.29, 0.717) is 6.04 Å². The number of rotatable bonds is 5. The maximum atomic E-state index is 4.86. The van der Waals surface area contributed by atoms with Gasteiger partial charge in [-0.1, -0.05) is 6.92 Å². The van der Waals surface area contributed by atoms with Gasteiger partial charge in [-0.3, -0.25) is 0 Å². The van der Waals surface area contributed by atoms with E-state index in [1.54, 1.807) is 0 Å². The SMILES string of the molecule is CCCc1nc(NCC)c(C)c(N2CCN(C)CC2C)n1. The fraction of sp³-hybridized carbons (Fsp3) is 0.750. The Labute approximate surface area is 128 Å². The standard InChI is InChI=1S/C16H29N5/c1-6-8-14-18-15(17-7-2)13(4)16(19-14)21-10-9-20(5)11-12(21)3/h12H,6-11H2,1-5H3,(H,17,18,19). The van der Waals surface area contributed by atoms with Gasteiger partial charge in [0, 0.05) is 44.2 Å². The van der Waals surface area contributed by atoms with Gasteiger partial charge in [-0.25, -0.2) is 9.97 Å². The molecular formula is C16H29N5. The number of hydrogen-bond donors (Lipinski definition) is 1. The van der Waals surface area contributed by atoms with Crippen molar-refractivity contribution < 1.29 is 0 Å². The van der Waals surface area contributed by atoms with Crippen LogP contribution in [0, 0.1) is 6.92 Å². The number of nitrogens with one attached hydrogen (secondary N) is 1. The second kappa shape index (κ2) is 7.07. The van der Waals surface area contributed by atoms with Gasteiger partial charge in [0.25, 0.3) is 0 Å². The molecule has 1 aromatic heterocycles. The number of aryl methyl sites for hydroxylation is 1. The van der Waals surface area contributed by atoms with E-state index < -0.39 is 0 Å². The molecular weight excluding hydrogens is 262 g/mol. The highest BCUT2D eigenvalue weighted by atomic mass is 15.3. The highest BCUT2D eigenvalue weighted by molar-refractivity contribution is 5.59. The van der Waals surface area contributed by atoms with Crippen molar-refractivity contribution >= 4 is 11.6 Å². The third-order valence-electron chi connectivity index (χ3n) is 4.09. The van der Waals surface area contributed by atoms with Crippen LogP contribution in [0.5, 0.6) is 0 Å². The summed E-state index contributed by atoms with van der Waals surface area (Å²) in [6.07, 6.45) is 2.01. The second-order valence-electron chi connectivity index (χ2n) is 6.02. The molecule has 1 aromatic rings. The van der Waals surface area contributed by atoms with Crippen molar-refractivity contribution in [3.63, 3.8) is 0 Å². The van der Waals surface area contributed by atoms with E-state index in [4.69, 9.17) is 4.98 Å². The second-order valence-corrected chi connectivity index (χ2v) is 6.02. The van der Waals surface area contributed by atoms with E-state index in [0.717, 1.165) is 56.5 Å². The van der Waals surface area contributed by atoms with Crippen LogP contribution < -0.4 is 10.2 Å². The predicted octanol–water partition coefficient (Wildman–Crippen LogP) is 2.31. The molecule has 5 heteroatoms. The molecule has 0 radical (unpaired) electrons. The van der Waals surface area contributed by atoms with Crippen molar-refractivity contribution in [3.05, 3.63) is 11.4 Å². The maximum Gasteiger partial charge on any atom is 0.137 e. The van der Waals surface area contributed by atoms with E-state index in [9.17, 15) is 0 Å². The molecule has 0 spiro atoms. The van der Waals surface area contributed by atoms with Gasteiger partial charge in [-0.05, 0) is 34.2 Å². The molecule has 2 rings (SSSR count). The van der Waals surface area contributed by atoms with Gasteiger partial charge in [0.05, 0.1) is 0 Å². The molecule has 21 heavy (non-hydrogen) atoms. The van der Waals surface area contributed by atoms with Gasteiger partial charge in [-0.2, -0.15) is 0 Å². The molecule has 5 nitrogen and oxygen atoms in total. The summed E-state index contributed by atoms with van der Waals surface area (Å²) in [7, 11) is 2.19. The lowest BCUT2D eigenvalue weighted by atomic mass is 10.1. The molecule has 1 fully saturated rings. The minimum Gasteiger partial charge on any atom is -0.370 e. The first-order chi connectivity index (χ1) is 10.1. The molecule has 1 aliphatic heterocycles. The number of aromatic nitrogens is 2. The molecule has 0 saturated carbocycles. The predicted molar refractivity (Wildman–Crippen MR) is 89.2 cm³/mol. The summed E-state index contributed by atoms with van der Waals surface area (Å²) in [5, 5.41) is 3.39. The molecule has 0 amide bonds. The molecule has 1 aliphatic rings. The maximum absolute atomic E-state index is 4.86. The summed E-state index contributed by atoms with van der Waals surface area (Å²) in [6, 6.07) is 0.487. The lowest BCUT2D eigenvalue weighted by Gasteiger charge is -2.39. The molecule has 1 saturated heterocycles. The molecule has 0 aromatic carbocycles. The van der Waals surface area contributed by atoms with Gasteiger partial charge in [-0.15, -0.1) is 0 Å². The van der Waals surface area contributed by atoms with Crippen molar-refractivity contribution in [2.75, 3.05) is 43.4 Å². The third-order valence-corrected chi connectivity index (χ3v) is 4.09. The zero-order chi connectivity index (χ0) is 15.4. The smallest absolute Gasteiger partial charge is 0.137 e. The largest absolute Gasteiger partial charge is 0.370 e. The Balaban J connectivity index is 2.36. The minimum atomic E-state index is 0.487. The summed E-state index contributed by atoms with van der Waals surface area (Å²) in [5.41, 5.74) is 1.17. The molecule has 1 N–H and O–H groups in total. The lowest BCUT2D eigenvalue weighted by Crippen LogP contribution is -2.51. The highest BCUT2D eigenvalue weighted by Crippen LogP contribution is 2.27. The van der Waals surface area contributed by atoms with E-state index >= 15 is 0 Å². The average Bonchev–Trinajstić information content (AvgIpc) is 2.43. The lowest BCUT2D eigenvalue weighted by molar-refractivity contribution is 0.274. The molecule has 0 bridgehead atoms. The van der Waals surface area contributed by atoms with Crippen LogP contribution in [0.15, 0.2) is 0 Å². The summed E-state index contributed by atoms with van der Waals surface area (Å²) in [6.45, 7) is 12.8. The van der Waals surface area contributed by atoms with Crippen molar-refractivity contribution in [2.45, 2.75) is 46.6 Å². The Kier molecular flexibility index (Phi) is 5.39. The zero-order valence-corrected chi connectivity index (χ0v) is 14.1. The molecule has 118 valence electrons. The van der Waals surface area contributed by atoms with E-state index in [1.165, 1.54) is 5.56 Å². The first-order valence-electron chi connectivity index (χ1n) is 8.13. The van der Waals surface area contributed by atoms with E-state index in [1.807, 2.05) is 0 Å². The highest BCUT2D eigenvalue weighted by Gasteiger charge is 2.25. The fourth-order valence-corrected chi connectivity index (χ4v) is 2.96. The Hall–Kier alpha value is -1.36. The van der Waals surface area contributed by atoms with Crippen LogP contribution >= 0.6 is 0 Å². The number of likely N-dealkylation sites (N-methyl/N-ethyl adjacent to an activating group) is 1. The summed E-state index contributed by atoms with van der Waals surface area (Å²) in [4.78, 5) is 14.4. The topological polar surface area (TPSA) is 44.3 Å². The molecule has 1 atom stereocenters. The monoisotopic (exact) mass is 291 g/mol. The Bertz CT molecular complexity index is 474. The Morgan fingerprint density at radius 2 is 2.00 bits per heavy atom. The third kappa shape index (κ3) is 3.64. The normalized spacial score (nSPS) is 19.9. The van der Waals surface area contributed by atoms with Crippen LogP contribution in [-0.2, 0) is 6.42 Å². The summed E-state index contributed by atoms with van der Waals surface area (Å²) >= 11 is 0. The number of nitrogens with zero attached hydrogens (tertiary/aromatic N) is 4. The molecule has 1 unspecified atom stereocenters. The number of piperazine rings is 1. The quantitative estimate of drug-likeness (QED) is 0.902. The number of anilines is 2. The van der Waals surface area contributed by atoms with Gasteiger partial charge in [0.1, 0.15) is 17.5 Å². The van der Waals surface area contributed by atoms with Crippen molar-refractivity contribution in [1.82, 2.24) is 14.9 Å². The fourth-order valence-electron chi connectivity index (χ4n) is 2.96.